The lowest BCUT2D eigenvalue weighted by Crippen LogP contribution is -1.80. The van der Waals surface area contributed by atoms with Crippen molar-refractivity contribution in [2.75, 3.05) is 0 Å². The van der Waals surface area contributed by atoms with Gasteiger partial charge in [0.2, 0.25) is 0 Å². The average Bonchev–Trinajstić information content (AvgIpc) is 2.56. The molecule has 0 radical (unpaired) electrons. The van der Waals surface area contributed by atoms with Gasteiger partial charge < -0.3 is 10.1 Å². The van der Waals surface area contributed by atoms with Gasteiger partial charge in [-0.25, -0.2) is 0 Å². The van der Waals surface area contributed by atoms with Crippen molar-refractivity contribution in [1.29, 1.82) is 0 Å². The molecule has 1 heterocycles. The Bertz CT molecular complexity index is 568. The molecule has 0 amide bonds. The minimum absolute atomic E-state index is 0.203. The van der Waals surface area contributed by atoms with Crippen LogP contribution in [0.25, 0.3) is 22.0 Å². The van der Waals surface area contributed by atoms with E-state index in [0.29, 0.717) is 0 Å². The van der Waals surface area contributed by atoms with Gasteiger partial charge in [-0.3, -0.25) is 0 Å². The summed E-state index contributed by atoms with van der Waals surface area (Å²) in [7, 11) is 0. The first-order valence-corrected chi connectivity index (χ1v) is 4.54. The molecular formula is C12H9NO. The molecule has 68 valence electrons. The van der Waals surface area contributed by atoms with Crippen molar-refractivity contribution in [3.63, 3.8) is 0 Å². The highest BCUT2D eigenvalue weighted by Gasteiger charge is 2.09. The number of benzene rings is 1. The molecule has 2 N–H and O–H groups in total. The molecular weight excluding hydrogens is 174 g/mol. The first kappa shape index (κ1) is 7.44. The van der Waals surface area contributed by atoms with Gasteiger partial charge in [-0.05, 0) is 29.1 Å². The Morgan fingerprint density at radius 1 is 1.00 bits per heavy atom. The topological polar surface area (TPSA) is 36.0 Å². The van der Waals surface area contributed by atoms with Crippen molar-refractivity contribution in [1.82, 2.24) is 4.98 Å². The lowest BCUT2D eigenvalue weighted by Gasteiger charge is -2.00. The molecule has 0 fully saturated rings. The van der Waals surface area contributed by atoms with Crippen LogP contribution in [-0.4, -0.2) is 10.1 Å². The SMILES string of the molecule is Oc1ccc2cc3ccccc3c-2[nH]1. The number of aromatic amines is 1. The maximum atomic E-state index is 9.35. The van der Waals surface area contributed by atoms with Gasteiger partial charge in [-0.15, -0.1) is 0 Å². The van der Waals surface area contributed by atoms with Crippen LogP contribution in [-0.2, 0) is 0 Å². The van der Waals surface area contributed by atoms with Crippen LogP contribution in [0.5, 0.6) is 5.88 Å². The second-order valence-corrected chi connectivity index (χ2v) is 3.41. The fourth-order valence-electron chi connectivity index (χ4n) is 1.86. The van der Waals surface area contributed by atoms with Crippen molar-refractivity contribution in [2.24, 2.45) is 0 Å². The zero-order chi connectivity index (χ0) is 9.54. The molecule has 0 bridgehead atoms. The van der Waals surface area contributed by atoms with Crippen molar-refractivity contribution >= 4 is 10.8 Å². The molecule has 14 heavy (non-hydrogen) atoms. The Kier molecular flexibility index (Phi) is 1.34. The van der Waals surface area contributed by atoms with Crippen LogP contribution in [0, 0.1) is 0 Å². The Balaban J connectivity index is 2.52. The highest BCUT2D eigenvalue weighted by atomic mass is 16.3. The number of rotatable bonds is 0. The largest absolute Gasteiger partial charge is 0.495 e. The molecule has 0 atom stereocenters. The molecule has 0 saturated heterocycles. The molecule has 2 aliphatic rings. The molecule has 0 spiro atoms. The van der Waals surface area contributed by atoms with E-state index in [4.69, 9.17) is 0 Å². The number of hydrogen-bond acceptors (Lipinski definition) is 1. The standard InChI is InChI=1S/C12H9NO/c14-11-6-5-9-7-8-3-1-2-4-10(8)12(9)13-11/h1-7,13-14H. The monoisotopic (exact) mass is 183 g/mol. The Morgan fingerprint density at radius 3 is 2.79 bits per heavy atom. The summed E-state index contributed by atoms with van der Waals surface area (Å²) in [5.74, 6) is 0.203. The molecule has 2 heteroatoms. The number of nitrogens with one attached hydrogen (secondary N) is 1. The van der Waals surface area contributed by atoms with Crippen LogP contribution in [0.15, 0.2) is 42.5 Å². The maximum Gasteiger partial charge on any atom is 0.188 e. The van der Waals surface area contributed by atoms with E-state index in [9.17, 15) is 5.11 Å². The molecule has 1 aliphatic carbocycles. The van der Waals surface area contributed by atoms with Crippen LogP contribution >= 0.6 is 0 Å². The summed E-state index contributed by atoms with van der Waals surface area (Å²) in [6.45, 7) is 0. The summed E-state index contributed by atoms with van der Waals surface area (Å²) in [5.41, 5.74) is 2.13. The number of pyridine rings is 1. The predicted octanol–water partition coefficient (Wildman–Crippen LogP) is 2.98. The van der Waals surface area contributed by atoms with E-state index in [1.165, 1.54) is 5.39 Å². The second kappa shape index (κ2) is 2.51. The van der Waals surface area contributed by atoms with Crippen LogP contribution in [0.4, 0.5) is 0 Å². The molecule has 2 nitrogen and oxygen atoms in total. The van der Waals surface area contributed by atoms with E-state index in [2.05, 4.69) is 17.1 Å². The third-order valence-electron chi connectivity index (χ3n) is 2.50. The van der Waals surface area contributed by atoms with Crippen LogP contribution in [0.2, 0.25) is 0 Å². The number of aromatic hydroxyl groups is 1. The van der Waals surface area contributed by atoms with Crippen molar-refractivity contribution < 1.29 is 5.11 Å². The molecule has 1 aliphatic heterocycles. The van der Waals surface area contributed by atoms with Gasteiger partial charge in [0.25, 0.3) is 0 Å². The van der Waals surface area contributed by atoms with E-state index in [0.717, 1.165) is 16.6 Å². The predicted molar refractivity (Wildman–Crippen MR) is 56.6 cm³/mol. The van der Waals surface area contributed by atoms with E-state index in [1.54, 1.807) is 6.07 Å². The van der Waals surface area contributed by atoms with Crippen molar-refractivity contribution in [2.45, 2.75) is 0 Å². The maximum absolute atomic E-state index is 9.35. The second-order valence-electron chi connectivity index (χ2n) is 3.41. The lowest BCUT2D eigenvalue weighted by molar-refractivity contribution is 0.454. The summed E-state index contributed by atoms with van der Waals surface area (Å²) in [6, 6.07) is 13.8. The number of H-pyrrole nitrogens is 1. The van der Waals surface area contributed by atoms with Gasteiger partial charge in [0.05, 0.1) is 5.69 Å². The summed E-state index contributed by atoms with van der Waals surface area (Å²) in [5, 5.41) is 11.7. The van der Waals surface area contributed by atoms with E-state index in [-0.39, 0.29) is 5.88 Å². The molecule has 0 saturated carbocycles. The van der Waals surface area contributed by atoms with Gasteiger partial charge in [0.1, 0.15) is 0 Å². The van der Waals surface area contributed by atoms with Crippen molar-refractivity contribution in [3.8, 4) is 17.1 Å². The van der Waals surface area contributed by atoms with Gasteiger partial charge >= 0.3 is 0 Å². The average molecular weight is 183 g/mol. The summed E-state index contributed by atoms with van der Waals surface area (Å²) in [6.07, 6.45) is 0. The third-order valence-corrected chi connectivity index (χ3v) is 2.50. The Hall–Kier alpha value is -1.96. The van der Waals surface area contributed by atoms with Crippen molar-refractivity contribution in [3.05, 3.63) is 42.5 Å². The Morgan fingerprint density at radius 2 is 1.86 bits per heavy atom. The fourth-order valence-corrected chi connectivity index (χ4v) is 1.86. The first-order valence-electron chi connectivity index (χ1n) is 4.54. The normalized spacial score (nSPS) is 11.1. The smallest absolute Gasteiger partial charge is 0.188 e. The van der Waals surface area contributed by atoms with Crippen LogP contribution in [0.3, 0.4) is 0 Å². The number of hydrogen-bond donors (Lipinski definition) is 2. The van der Waals surface area contributed by atoms with Gasteiger partial charge in [-0.1, -0.05) is 24.3 Å². The van der Waals surface area contributed by atoms with Gasteiger partial charge in [0, 0.05) is 5.39 Å². The number of fused-ring (bicyclic) bond motifs is 3. The van der Waals surface area contributed by atoms with E-state index >= 15 is 0 Å². The van der Waals surface area contributed by atoms with Crippen LogP contribution < -0.4 is 0 Å². The molecule has 0 aromatic heterocycles. The minimum atomic E-state index is 0.203. The quantitative estimate of drug-likeness (QED) is 0.552. The zero-order valence-corrected chi connectivity index (χ0v) is 7.49. The molecule has 1 aromatic carbocycles. The fraction of sp³-hybridized carbons (Fsp3) is 0. The molecule has 1 aromatic rings. The summed E-state index contributed by atoms with van der Waals surface area (Å²) >= 11 is 0. The third kappa shape index (κ3) is 0.909. The summed E-state index contributed by atoms with van der Waals surface area (Å²) in [4.78, 5) is 2.97. The lowest BCUT2D eigenvalue weighted by atomic mass is 10.2. The van der Waals surface area contributed by atoms with Crippen LogP contribution in [0.1, 0.15) is 0 Å². The molecule has 0 unspecified atom stereocenters. The molecule has 3 rings (SSSR count). The Labute approximate surface area is 81.2 Å². The zero-order valence-electron chi connectivity index (χ0n) is 7.49. The first-order chi connectivity index (χ1) is 6.84. The minimum Gasteiger partial charge on any atom is -0.495 e. The van der Waals surface area contributed by atoms with E-state index < -0.39 is 0 Å². The number of aromatic nitrogens is 1. The highest BCUT2D eigenvalue weighted by Crippen LogP contribution is 2.33. The van der Waals surface area contributed by atoms with Gasteiger partial charge in [-0.2, -0.15) is 0 Å². The highest BCUT2D eigenvalue weighted by molar-refractivity contribution is 6.00. The van der Waals surface area contributed by atoms with Gasteiger partial charge in [0.15, 0.2) is 5.88 Å². The summed E-state index contributed by atoms with van der Waals surface area (Å²) < 4.78 is 0. The van der Waals surface area contributed by atoms with E-state index in [1.807, 2.05) is 24.3 Å².